The van der Waals surface area contributed by atoms with E-state index in [0.717, 1.165) is 12.8 Å². The Bertz CT molecular complexity index is 480. The predicted molar refractivity (Wildman–Crippen MR) is 75.2 cm³/mol. The Balaban J connectivity index is 2.84. The summed E-state index contributed by atoms with van der Waals surface area (Å²) in [6.45, 7) is 5.73. The molecule has 0 spiro atoms. The van der Waals surface area contributed by atoms with E-state index >= 15 is 0 Å². The predicted octanol–water partition coefficient (Wildman–Crippen LogP) is 1.12. The quantitative estimate of drug-likeness (QED) is 0.762. The minimum Gasteiger partial charge on any atom is -0.464 e. The van der Waals surface area contributed by atoms with Crippen LogP contribution in [-0.2, 0) is 9.53 Å². The Kier molecular flexibility index (Phi) is 5.54. The van der Waals surface area contributed by atoms with Gasteiger partial charge in [-0.05, 0) is 19.8 Å². The van der Waals surface area contributed by atoms with Crippen LogP contribution in [0.4, 0.5) is 5.69 Å². The van der Waals surface area contributed by atoms with Crippen molar-refractivity contribution < 1.29 is 14.3 Å². The highest BCUT2D eigenvalue weighted by atomic mass is 16.5. The summed E-state index contributed by atoms with van der Waals surface area (Å²) < 4.78 is 5.95. The first kappa shape index (κ1) is 16.0. The van der Waals surface area contributed by atoms with Crippen LogP contribution < -0.4 is 11.1 Å². The molecule has 0 bridgehead atoms. The molecule has 1 aromatic heterocycles. The number of hydrogen-bond donors (Lipinski definition) is 2. The zero-order valence-corrected chi connectivity index (χ0v) is 12.3. The van der Waals surface area contributed by atoms with Gasteiger partial charge >= 0.3 is 5.97 Å². The molecule has 112 valence electrons. The molecular weight excluding hydrogens is 260 g/mol. The second kappa shape index (κ2) is 6.93. The average Bonchev–Trinajstić information content (AvgIpc) is 2.84. The number of amides is 1. The molecule has 1 rings (SSSR count). The molecule has 1 amide bonds. The van der Waals surface area contributed by atoms with Gasteiger partial charge in [0.2, 0.25) is 5.91 Å². The van der Waals surface area contributed by atoms with Crippen molar-refractivity contribution in [2.75, 3.05) is 12.8 Å². The van der Waals surface area contributed by atoms with Gasteiger partial charge < -0.3 is 15.8 Å². The average molecular weight is 282 g/mol. The van der Waals surface area contributed by atoms with Gasteiger partial charge in [0.15, 0.2) is 5.69 Å². The van der Waals surface area contributed by atoms with E-state index in [4.69, 9.17) is 5.73 Å². The molecule has 0 radical (unpaired) electrons. The van der Waals surface area contributed by atoms with Crippen LogP contribution in [0.5, 0.6) is 0 Å². The van der Waals surface area contributed by atoms with Crippen LogP contribution in [0.2, 0.25) is 0 Å². The number of aromatic nitrogens is 2. The first-order chi connectivity index (χ1) is 9.44. The van der Waals surface area contributed by atoms with Crippen molar-refractivity contribution in [2.24, 2.45) is 0 Å². The third-order valence-electron chi connectivity index (χ3n) is 3.25. The van der Waals surface area contributed by atoms with Gasteiger partial charge in [0.25, 0.3) is 0 Å². The number of nitrogen functional groups attached to an aromatic ring is 1. The number of carbonyl (C=O) groups excluding carboxylic acids is 2. The van der Waals surface area contributed by atoms with Crippen molar-refractivity contribution in [3.63, 3.8) is 0 Å². The molecular formula is C13H22N4O3. The van der Waals surface area contributed by atoms with Crippen molar-refractivity contribution in [1.29, 1.82) is 0 Å². The normalized spacial score (nSPS) is 12.2. The Morgan fingerprint density at radius 3 is 2.55 bits per heavy atom. The monoisotopic (exact) mass is 282 g/mol. The third-order valence-corrected chi connectivity index (χ3v) is 3.25. The van der Waals surface area contributed by atoms with E-state index in [2.05, 4.69) is 15.2 Å². The van der Waals surface area contributed by atoms with Crippen molar-refractivity contribution in [1.82, 2.24) is 15.1 Å². The fourth-order valence-electron chi connectivity index (χ4n) is 1.79. The molecule has 1 heterocycles. The number of esters is 1. The molecule has 1 aromatic rings. The zero-order chi connectivity index (χ0) is 15.3. The Morgan fingerprint density at radius 2 is 2.05 bits per heavy atom. The fraction of sp³-hybridized carbons (Fsp3) is 0.615. The summed E-state index contributed by atoms with van der Waals surface area (Å²) in [7, 11) is 1.25. The van der Waals surface area contributed by atoms with Crippen molar-refractivity contribution in [3.8, 4) is 0 Å². The maximum Gasteiger partial charge on any atom is 0.360 e. The maximum atomic E-state index is 12.1. The number of methoxy groups -OCH3 is 1. The lowest BCUT2D eigenvalue weighted by molar-refractivity contribution is -0.124. The molecule has 0 saturated heterocycles. The molecule has 0 saturated carbocycles. The Hall–Kier alpha value is -2.05. The molecule has 7 nitrogen and oxygen atoms in total. The van der Waals surface area contributed by atoms with Crippen LogP contribution in [0.15, 0.2) is 6.20 Å². The lowest BCUT2D eigenvalue weighted by atomic mass is 10.1. The zero-order valence-electron chi connectivity index (χ0n) is 12.3. The molecule has 0 aliphatic rings. The summed E-state index contributed by atoms with van der Waals surface area (Å²) in [6, 6.07) is -0.408. The number of rotatable bonds is 6. The van der Waals surface area contributed by atoms with E-state index in [-0.39, 0.29) is 23.3 Å². The van der Waals surface area contributed by atoms with Crippen LogP contribution in [0.1, 0.15) is 50.1 Å². The van der Waals surface area contributed by atoms with Crippen LogP contribution in [-0.4, -0.2) is 34.8 Å². The highest BCUT2D eigenvalue weighted by Crippen LogP contribution is 2.15. The van der Waals surface area contributed by atoms with E-state index in [1.54, 1.807) is 6.92 Å². The number of nitrogens with two attached hydrogens (primary N) is 1. The van der Waals surface area contributed by atoms with Crippen molar-refractivity contribution in [2.45, 2.75) is 45.7 Å². The smallest absolute Gasteiger partial charge is 0.360 e. The second-order valence-corrected chi connectivity index (χ2v) is 4.60. The van der Waals surface area contributed by atoms with Gasteiger partial charge in [-0.15, -0.1) is 0 Å². The highest BCUT2D eigenvalue weighted by Gasteiger charge is 2.22. The van der Waals surface area contributed by atoms with Gasteiger partial charge in [0, 0.05) is 12.2 Å². The van der Waals surface area contributed by atoms with Gasteiger partial charge in [-0.3, -0.25) is 9.48 Å². The van der Waals surface area contributed by atoms with E-state index in [1.165, 1.54) is 18.0 Å². The minimum absolute atomic E-state index is 0.0229. The summed E-state index contributed by atoms with van der Waals surface area (Å²) in [4.78, 5) is 23.5. The first-order valence-electron chi connectivity index (χ1n) is 6.67. The van der Waals surface area contributed by atoms with Crippen molar-refractivity contribution in [3.05, 3.63) is 11.9 Å². The molecule has 3 N–H and O–H groups in total. The molecule has 7 heteroatoms. The van der Waals surface area contributed by atoms with Crippen LogP contribution in [0.25, 0.3) is 0 Å². The highest BCUT2D eigenvalue weighted by molar-refractivity contribution is 5.92. The van der Waals surface area contributed by atoms with Gasteiger partial charge in [-0.1, -0.05) is 13.8 Å². The first-order valence-corrected chi connectivity index (χ1v) is 6.67. The second-order valence-electron chi connectivity index (χ2n) is 4.60. The van der Waals surface area contributed by atoms with E-state index in [0.29, 0.717) is 0 Å². The standard InChI is InChI=1S/C13H22N4O3/c1-5-9(6-2)15-12(18)8(3)17-7-10(14)11(16-17)13(19)20-4/h7-9H,5-6,14H2,1-4H3,(H,15,18). The molecule has 0 aliphatic carbocycles. The van der Waals surface area contributed by atoms with Gasteiger partial charge in [0.1, 0.15) is 6.04 Å². The molecule has 1 atom stereocenters. The minimum atomic E-state index is -0.617. The SMILES string of the molecule is CCC(CC)NC(=O)C(C)n1cc(N)c(C(=O)OC)n1. The van der Waals surface area contributed by atoms with Crippen LogP contribution >= 0.6 is 0 Å². The van der Waals surface area contributed by atoms with E-state index < -0.39 is 12.0 Å². The summed E-state index contributed by atoms with van der Waals surface area (Å²) >= 11 is 0. The maximum absolute atomic E-state index is 12.1. The van der Waals surface area contributed by atoms with Gasteiger partial charge in [-0.2, -0.15) is 5.10 Å². The van der Waals surface area contributed by atoms with E-state index in [1.807, 2.05) is 13.8 Å². The summed E-state index contributed by atoms with van der Waals surface area (Å²) in [6.07, 6.45) is 3.19. The molecule has 1 unspecified atom stereocenters. The number of carbonyl (C=O) groups is 2. The Labute approximate surface area is 118 Å². The molecule has 0 aromatic carbocycles. The lowest BCUT2D eigenvalue weighted by Gasteiger charge is -2.18. The topological polar surface area (TPSA) is 99.2 Å². The van der Waals surface area contributed by atoms with E-state index in [9.17, 15) is 9.59 Å². The number of hydrogen-bond acceptors (Lipinski definition) is 5. The summed E-state index contributed by atoms with van der Waals surface area (Å²) in [5.74, 6) is -0.772. The molecule has 0 fully saturated rings. The number of ether oxygens (including phenoxy) is 1. The number of anilines is 1. The summed E-state index contributed by atoms with van der Waals surface area (Å²) in [5, 5.41) is 6.95. The largest absolute Gasteiger partial charge is 0.464 e. The lowest BCUT2D eigenvalue weighted by Crippen LogP contribution is -2.38. The van der Waals surface area contributed by atoms with Gasteiger partial charge in [-0.25, -0.2) is 4.79 Å². The van der Waals surface area contributed by atoms with Crippen LogP contribution in [0.3, 0.4) is 0 Å². The van der Waals surface area contributed by atoms with Gasteiger partial charge in [0.05, 0.1) is 12.8 Å². The number of nitrogens with zero attached hydrogens (tertiary/aromatic N) is 2. The number of nitrogens with one attached hydrogen (secondary N) is 1. The summed E-state index contributed by atoms with van der Waals surface area (Å²) in [5.41, 5.74) is 5.91. The van der Waals surface area contributed by atoms with Crippen molar-refractivity contribution >= 4 is 17.6 Å². The molecule has 0 aliphatic heterocycles. The van der Waals surface area contributed by atoms with Crippen LogP contribution in [0, 0.1) is 0 Å². The Morgan fingerprint density at radius 1 is 1.45 bits per heavy atom. The fourth-order valence-corrected chi connectivity index (χ4v) is 1.79. The third kappa shape index (κ3) is 3.49. The molecule has 20 heavy (non-hydrogen) atoms.